The van der Waals surface area contributed by atoms with Crippen LogP contribution in [0.1, 0.15) is 25.3 Å². The fourth-order valence-electron chi connectivity index (χ4n) is 1.27. The average molecular weight is 296 g/mol. The zero-order valence-corrected chi connectivity index (χ0v) is 11.7. The van der Waals surface area contributed by atoms with E-state index >= 15 is 0 Å². The third-order valence-corrected chi connectivity index (χ3v) is 3.08. The summed E-state index contributed by atoms with van der Waals surface area (Å²) in [6, 6.07) is 3.12. The van der Waals surface area contributed by atoms with Crippen molar-refractivity contribution in [2.75, 3.05) is 6.61 Å². The van der Waals surface area contributed by atoms with E-state index in [1.807, 2.05) is 6.92 Å². The maximum Gasteiger partial charge on any atom is 0.310 e. The van der Waals surface area contributed by atoms with Gasteiger partial charge in [0, 0.05) is 20.6 Å². The number of carbonyl (C=O) groups excluding carboxylic acids is 1. The van der Waals surface area contributed by atoms with E-state index in [0.717, 1.165) is 12.8 Å². The molecule has 0 amide bonds. The molecule has 0 saturated carbocycles. The van der Waals surface area contributed by atoms with E-state index in [2.05, 4.69) is 0 Å². The smallest absolute Gasteiger partial charge is 0.310 e. The summed E-state index contributed by atoms with van der Waals surface area (Å²) < 4.78 is 5.04. The van der Waals surface area contributed by atoms with Crippen LogP contribution in [0.15, 0.2) is 12.1 Å². The molecule has 0 aliphatic heterocycles. The minimum Gasteiger partial charge on any atom is -0.465 e. The lowest BCUT2D eigenvalue weighted by atomic mass is 10.1. The Balaban J connectivity index is 2.65. The molecule has 0 N–H and O–H groups in total. The zero-order chi connectivity index (χ0) is 12.8. The summed E-state index contributed by atoms with van der Waals surface area (Å²) in [7, 11) is 0. The summed E-state index contributed by atoms with van der Waals surface area (Å²) >= 11 is 17.7. The molecular formula is C12H13Cl3O2. The molecule has 0 fully saturated rings. The Morgan fingerprint density at radius 2 is 1.82 bits per heavy atom. The van der Waals surface area contributed by atoms with Crippen LogP contribution in [0, 0.1) is 0 Å². The molecule has 0 unspecified atom stereocenters. The first kappa shape index (κ1) is 14.6. The Morgan fingerprint density at radius 1 is 1.24 bits per heavy atom. The normalized spacial score (nSPS) is 10.4. The molecule has 17 heavy (non-hydrogen) atoms. The third-order valence-electron chi connectivity index (χ3n) is 2.19. The van der Waals surface area contributed by atoms with Gasteiger partial charge in [-0.05, 0) is 18.6 Å². The van der Waals surface area contributed by atoms with Crippen LogP contribution < -0.4 is 0 Å². The van der Waals surface area contributed by atoms with Crippen LogP contribution in [0.5, 0.6) is 0 Å². The van der Waals surface area contributed by atoms with Gasteiger partial charge in [-0.1, -0.05) is 48.1 Å². The molecule has 0 bridgehead atoms. The fourth-order valence-corrected chi connectivity index (χ4v) is 2.22. The van der Waals surface area contributed by atoms with E-state index < -0.39 is 0 Å². The maximum atomic E-state index is 11.5. The average Bonchev–Trinajstić information content (AvgIpc) is 2.24. The first-order chi connectivity index (χ1) is 8.04. The number of ether oxygens (including phenoxy) is 1. The minimum atomic E-state index is -0.329. The van der Waals surface area contributed by atoms with Crippen molar-refractivity contribution in [3.63, 3.8) is 0 Å². The molecule has 0 aliphatic rings. The van der Waals surface area contributed by atoms with Crippen molar-refractivity contribution in [2.24, 2.45) is 0 Å². The molecule has 1 aromatic rings. The van der Waals surface area contributed by atoms with Gasteiger partial charge in [-0.25, -0.2) is 0 Å². The van der Waals surface area contributed by atoms with E-state index in [1.165, 1.54) is 0 Å². The van der Waals surface area contributed by atoms with Crippen molar-refractivity contribution in [1.82, 2.24) is 0 Å². The van der Waals surface area contributed by atoms with Crippen LogP contribution in [-0.4, -0.2) is 12.6 Å². The number of halogens is 3. The molecule has 0 heterocycles. The quantitative estimate of drug-likeness (QED) is 0.589. The standard InChI is InChI=1S/C12H13Cl3O2/c1-2-3-4-17-12(16)7-9-10(14)5-8(13)6-11(9)15/h5-6H,2-4,7H2,1H3. The number of rotatable bonds is 5. The second kappa shape index (κ2) is 7.10. The van der Waals surface area contributed by atoms with Gasteiger partial charge in [-0.3, -0.25) is 4.79 Å². The highest BCUT2D eigenvalue weighted by Crippen LogP contribution is 2.29. The predicted molar refractivity (Wildman–Crippen MR) is 71.0 cm³/mol. The predicted octanol–water partition coefficient (Wildman–Crippen LogP) is 4.53. The number of carbonyl (C=O) groups is 1. The molecule has 0 atom stereocenters. The Hall–Kier alpha value is -0.440. The summed E-state index contributed by atoms with van der Waals surface area (Å²) in [6.07, 6.45) is 1.90. The monoisotopic (exact) mass is 294 g/mol. The van der Waals surface area contributed by atoms with Crippen LogP contribution >= 0.6 is 34.8 Å². The molecule has 0 radical (unpaired) electrons. The van der Waals surface area contributed by atoms with Crippen LogP contribution in [0.2, 0.25) is 15.1 Å². The lowest BCUT2D eigenvalue weighted by molar-refractivity contribution is -0.142. The highest BCUT2D eigenvalue weighted by molar-refractivity contribution is 6.39. The summed E-state index contributed by atoms with van der Waals surface area (Å²) in [4.78, 5) is 11.5. The first-order valence-electron chi connectivity index (χ1n) is 5.33. The number of benzene rings is 1. The number of hydrogen-bond donors (Lipinski definition) is 0. The van der Waals surface area contributed by atoms with Gasteiger partial charge in [0.05, 0.1) is 13.0 Å². The highest BCUT2D eigenvalue weighted by atomic mass is 35.5. The van der Waals surface area contributed by atoms with Crippen molar-refractivity contribution in [2.45, 2.75) is 26.2 Å². The Kier molecular flexibility index (Phi) is 6.10. The molecule has 0 aliphatic carbocycles. The third kappa shape index (κ3) is 4.74. The van der Waals surface area contributed by atoms with Crippen molar-refractivity contribution >= 4 is 40.8 Å². The van der Waals surface area contributed by atoms with E-state index in [-0.39, 0.29) is 12.4 Å². The van der Waals surface area contributed by atoms with Crippen molar-refractivity contribution in [3.05, 3.63) is 32.8 Å². The van der Waals surface area contributed by atoms with Gasteiger partial charge >= 0.3 is 5.97 Å². The van der Waals surface area contributed by atoms with Crippen molar-refractivity contribution in [1.29, 1.82) is 0 Å². The zero-order valence-electron chi connectivity index (χ0n) is 9.43. The SMILES string of the molecule is CCCCOC(=O)Cc1c(Cl)cc(Cl)cc1Cl. The van der Waals surface area contributed by atoms with Crippen LogP contribution in [0.25, 0.3) is 0 Å². The molecule has 1 aromatic carbocycles. The van der Waals surface area contributed by atoms with E-state index in [0.29, 0.717) is 27.2 Å². The van der Waals surface area contributed by atoms with E-state index in [4.69, 9.17) is 39.5 Å². The Labute approximate surface area is 116 Å². The number of esters is 1. The van der Waals surface area contributed by atoms with Gasteiger partial charge < -0.3 is 4.74 Å². The second-order valence-electron chi connectivity index (χ2n) is 3.60. The number of unbranched alkanes of at least 4 members (excludes halogenated alkanes) is 1. The molecular weight excluding hydrogens is 282 g/mol. The van der Waals surface area contributed by atoms with Crippen LogP contribution in [0.4, 0.5) is 0 Å². The van der Waals surface area contributed by atoms with Gasteiger partial charge in [-0.2, -0.15) is 0 Å². The fraction of sp³-hybridized carbons (Fsp3) is 0.417. The van der Waals surface area contributed by atoms with Crippen LogP contribution in [0.3, 0.4) is 0 Å². The Morgan fingerprint density at radius 3 is 2.35 bits per heavy atom. The molecule has 94 valence electrons. The second-order valence-corrected chi connectivity index (χ2v) is 4.85. The van der Waals surface area contributed by atoms with Crippen molar-refractivity contribution in [3.8, 4) is 0 Å². The van der Waals surface area contributed by atoms with E-state index in [1.54, 1.807) is 12.1 Å². The van der Waals surface area contributed by atoms with Gasteiger partial charge in [0.2, 0.25) is 0 Å². The molecule has 5 heteroatoms. The van der Waals surface area contributed by atoms with Gasteiger partial charge in [0.1, 0.15) is 0 Å². The molecule has 2 nitrogen and oxygen atoms in total. The van der Waals surface area contributed by atoms with Gasteiger partial charge in [-0.15, -0.1) is 0 Å². The molecule has 0 aromatic heterocycles. The largest absolute Gasteiger partial charge is 0.465 e. The minimum absolute atomic E-state index is 0.0680. The van der Waals surface area contributed by atoms with E-state index in [9.17, 15) is 4.79 Å². The highest BCUT2D eigenvalue weighted by Gasteiger charge is 2.13. The molecule has 0 spiro atoms. The lowest BCUT2D eigenvalue weighted by Crippen LogP contribution is -2.09. The maximum absolute atomic E-state index is 11.5. The van der Waals surface area contributed by atoms with Crippen LogP contribution in [-0.2, 0) is 16.0 Å². The summed E-state index contributed by atoms with van der Waals surface area (Å²) in [6.45, 7) is 2.46. The molecule has 0 saturated heterocycles. The van der Waals surface area contributed by atoms with Gasteiger partial charge in [0.15, 0.2) is 0 Å². The van der Waals surface area contributed by atoms with Crippen molar-refractivity contribution < 1.29 is 9.53 Å². The lowest BCUT2D eigenvalue weighted by Gasteiger charge is -2.08. The topological polar surface area (TPSA) is 26.3 Å². The van der Waals surface area contributed by atoms with Gasteiger partial charge in [0.25, 0.3) is 0 Å². The number of hydrogen-bond acceptors (Lipinski definition) is 2. The summed E-state index contributed by atoms with van der Waals surface area (Å²) in [5.74, 6) is -0.329. The molecule has 1 rings (SSSR count). The summed E-state index contributed by atoms with van der Waals surface area (Å²) in [5.41, 5.74) is 0.555. The Bertz CT molecular complexity index is 382. The summed E-state index contributed by atoms with van der Waals surface area (Å²) in [5, 5.41) is 1.22. The first-order valence-corrected chi connectivity index (χ1v) is 6.47.